The van der Waals surface area contributed by atoms with Crippen LogP contribution in [0.2, 0.25) is 0 Å². The number of hydrogen-bond acceptors (Lipinski definition) is 6. The van der Waals surface area contributed by atoms with Gasteiger partial charge in [-0.05, 0) is 17.5 Å². The number of carbonyl (C=O) groups excluding carboxylic acids is 1. The highest BCUT2D eigenvalue weighted by Crippen LogP contribution is 2.33. The van der Waals surface area contributed by atoms with Crippen LogP contribution in [0.15, 0.2) is 29.8 Å². The van der Waals surface area contributed by atoms with E-state index in [0.29, 0.717) is 35.7 Å². The third-order valence-electron chi connectivity index (χ3n) is 4.60. The van der Waals surface area contributed by atoms with Crippen LogP contribution in [-0.2, 0) is 10.9 Å². The van der Waals surface area contributed by atoms with E-state index in [4.69, 9.17) is 4.74 Å². The lowest BCUT2D eigenvalue weighted by Gasteiger charge is -2.26. The lowest BCUT2D eigenvalue weighted by atomic mass is 10.2. The minimum Gasteiger partial charge on any atom is -0.379 e. The third kappa shape index (κ3) is 4.26. The van der Waals surface area contributed by atoms with Gasteiger partial charge in [0, 0.05) is 26.2 Å². The summed E-state index contributed by atoms with van der Waals surface area (Å²) >= 11 is 1.27. The first-order valence-electron chi connectivity index (χ1n) is 9.01. The number of hydrogen-bond donors (Lipinski definition) is 1. The zero-order chi connectivity index (χ0) is 20.4. The van der Waals surface area contributed by atoms with E-state index in [9.17, 15) is 18.0 Å². The maximum absolute atomic E-state index is 13.6. The molecular weight excluding hydrogens is 407 g/mol. The highest BCUT2D eigenvalue weighted by atomic mass is 32.1. The second-order valence-corrected chi connectivity index (χ2v) is 7.45. The molecule has 11 heteroatoms. The predicted octanol–water partition coefficient (Wildman–Crippen LogP) is 2.54. The fraction of sp³-hybridized carbons (Fsp3) is 0.389. The van der Waals surface area contributed by atoms with Crippen LogP contribution in [0, 0.1) is 0 Å². The molecule has 1 amide bonds. The number of morpholine rings is 1. The molecule has 29 heavy (non-hydrogen) atoms. The predicted molar refractivity (Wildman–Crippen MR) is 101 cm³/mol. The first-order chi connectivity index (χ1) is 13.9. The van der Waals surface area contributed by atoms with Crippen LogP contribution in [0.5, 0.6) is 0 Å². The average molecular weight is 425 g/mol. The number of nitrogens with zero attached hydrogens (tertiary/aromatic N) is 4. The van der Waals surface area contributed by atoms with Crippen LogP contribution in [0.1, 0.15) is 16.1 Å². The molecule has 0 unspecified atom stereocenters. The van der Waals surface area contributed by atoms with Gasteiger partial charge in [-0.3, -0.25) is 9.69 Å². The summed E-state index contributed by atoms with van der Waals surface area (Å²) in [6.45, 7) is 3.87. The molecule has 3 aromatic heterocycles. The van der Waals surface area contributed by atoms with E-state index in [1.807, 2.05) is 0 Å². The molecule has 0 radical (unpaired) electrons. The molecule has 0 atom stereocenters. The monoisotopic (exact) mass is 425 g/mol. The van der Waals surface area contributed by atoms with E-state index in [1.165, 1.54) is 11.3 Å². The number of rotatable bonds is 5. The quantitative estimate of drug-likeness (QED) is 0.680. The van der Waals surface area contributed by atoms with Crippen LogP contribution in [0.25, 0.3) is 16.2 Å². The van der Waals surface area contributed by atoms with Crippen LogP contribution in [0.4, 0.5) is 13.2 Å². The molecular formula is C18H18F3N5O2S. The fourth-order valence-electron chi connectivity index (χ4n) is 3.12. The van der Waals surface area contributed by atoms with E-state index in [2.05, 4.69) is 20.3 Å². The Kier molecular flexibility index (Phi) is 5.52. The highest BCUT2D eigenvalue weighted by Gasteiger charge is 2.36. The lowest BCUT2D eigenvalue weighted by molar-refractivity contribution is -0.142. The molecule has 1 aliphatic rings. The summed E-state index contributed by atoms with van der Waals surface area (Å²) in [5.74, 6) is -0.503. The smallest absolute Gasteiger partial charge is 0.379 e. The van der Waals surface area contributed by atoms with Crippen molar-refractivity contribution >= 4 is 22.9 Å². The van der Waals surface area contributed by atoms with Crippen molar-refractivity contribution in [2.45, 2.75) is 6.18 Å². The summed E-state index contributed by atoms with van der Waals surface area (Å²) < 4.78 is 46.6. The van der Waals surface area contributed by atoms with E-state index in [0.717, 1.165) is 25.4 Å². The summed E-state index contributed by atoms with van der Waals surface area (Å²) in [6.07, 6.45) is -3.51. The fourth-order valence-corrected chi connectivity index (χ4v) is 3.81. The summed E-state index contributed by atoms with van der Waals surface area (Å²) in [6, 6.07) is 4.36. The molecule has 1 N–H and O–H groups in total. The molecule has 7 nitrogen and oxygen atoms in total. The van der Waals surface area contributed by atoms with Gasteiger partial charge in [0.2, 0.25) is 0 Å². The van der Waals surface area contributed by atoms with Gasteiger partial charge in [0.05, 0.1) is 30.0 Å². The molecule has 0 bridgehead atoms. The number of thiophene rings is 1. The van der Waals surface area contributed by atoms with Gasteiger partial charge in [-0.1, -0.05) is 6.07 Å². The van der Waals surface area contributed by atoms with Gasteiger partial charge in [0.1, 0.15) is 5.56 Å². The molecule has 0 spiro atoms. The third-order valence-corrected chi connectivity index (χ3v) is 5.49. The second-order valence-electron chi connectivity index (χ2n) is 6.51. The molecule has 1 fully saturated rings. The Balaban J connectivity index is 1.61. The number of ether oxygens (including phenoxy) is 1. The van der Waals surface area contributed by atoms with Crippen molar-refractivity contribution < 1.29 is 22.7 Å². The van der Waals surface area contributed by atoms with E-state index in [-0.39, 0.29) is 16.9 Å². The van der Waals surface area contributed by atoms with Gasteiger partial charge in [0.15, 0.2) is 11.3 Å². The van der Waals surface area contributed by atoms with Crippen LogP contribution >= 0.6 is 11.3 Å². The largest absolute Gasteiger partial charge is 0.433 e. The maximum atomic E-state index is 13.6. The minimum atomic E-state index is -4.64. The minimum absolute atomic E-state index is 0.0101. The van der Waals surface area contributed by atoms with E-state index >= 15 is 0 Å². The van der Waals surface area contributed by atoms with Gasteiger partial charge in [0.25, 0.3) is 5.91 Å². The SMILES string of the molecule is O=C(NCCN1CCOCC1)c1cnn2c(C(F)(F)F)cc(-c3cccs3)nc12. The van der Waals surface area contributed by atoms with Crippen molar-refractivity contribution in [2.24, 2.45) is 0 Å². The zero-order valence-electron chi connectivity index (χ0n) is 15.3. The summed E-state index contributed by atoms with van der Waals surface area (Å²) in [5, 5.41) is 8.27. The normalized spacial score (nSPS) is 15.7. The van der Waals surface area contributed by atoms with Crippen LogP contribution in [0.3, 0.4) is 0 Å². The van der Waals surface area contributed by atoms with Gasteiger partial charge >= 0.3 is 6.18 Å². The molecule has 154 valence electrons. The Morgan fingerprint density at radius 1 is 1.31 bits per heavy atom. The van der Waals surface area contributed by atoms with Crippen molar-refractivity contribution in [1.82, 2.24) is 24.8 Å². The number of nitrogens with one attached hydrogen (secondary N) is 1. The van der Waals surface area contributed by atoms with E-state index in [1.54, 1.807) is 17.5 Å². The number of fused-ring (bicyclic) bond motifs is 1. The molecule has 0 aromatic carbocycles. The Morgan fingerprint density at radius 3 is 2.79 bits per heavy atom. The van der Waals surface area contributed by atoms with Crippen molar-refractivity contribution in [3.8, 4) is 10.6 Å². The summed E-state index contributed by atoms with van der Waals surface area (Å²) in [7, 11) is 0. The Hall–Kier alpha value is -2.50. The molecule has 0 saturated carbocycles. The number of halogens is 3. The number of carbonyl (C=O) groups is 1. The first-order valence-corrected chi connectivity index (χ1v) is 9.89. The standard InChI is InChI=1S/C18H18F3N5O2S/c19-18(20,21)15-10-13(14-2-1-9-29-14)24-16-12(11-23-26(15)16)17(27)22-3-4-25-5-7-28-8-6-25/h1-2,9-11H,3-8H2,(H,22,27). The molecule has 4 rings (SSSR count). The van der Waals surface area contributed by atoms with Crippen LogP contribution < -0.4 is 5.32 Å². The topological polar surface area (TPSA) is 71.8 Å². The summed E-state index contributed by atoms with van der Waals surface area (Å²) in [4.78, 5) is 19.6. The first kappa shape index (κ1) is 19.8. The number of amides is 1. The van der Waals surface area contributed by atoms with Crippen molar-refractivity contribution in [1.29, 1.82) is 0 Å². The number of aromatic nitrogens is 3. The molecule has 1 saturated heterocycles. The number of alkyl halides is 3. The van der Waals surface area contributed by atoms with Gasteiger partial charge < -0.3 is 10.1 Å². The van der Waals surface area contributed by atoms with Crippen molar-refractivity contribution in [3.05, 3.63) is 41.0 Å². The van der Waals surface area contributed by atoms with E-state index < -0.39 is 17.8 Å². The zero-order valence-corrected chi connectivity index (χ0v) is 16.1. The lowest BCUT2D eigenvalue weighted by Crippen LogP contribution is -2.41. The Morgan fingerprint density at radius 2 is 2.10 bits per heavy atom. The van der Waals surface area contributed by atoms with Gasteiger partial charge in [-0.2, -0.15) is 18.3 Å². The van der Waals surface area contributed by atoms with Crippen molar-refractivity contribution in [2.75, 3.05) is 39.4 Å². The molecule has 0 aliphatic carbocycles. The van der Waals surface area contributed by atoms with Gasteiger partial charge in [-0.25, -0.2) is 9.50 Å². The van der Waals surface area contributed by atoms with Crippen LogP contribution in [-0.4, -0.2) is 64.8 Å². The molecule has 4 heterocycles. The molecule has 3 aromatic rings. The second kappa shape index (κ2) is 8.09. The van der Waals surface area contributed by atoms with Crippen molar-refractivity contribution in [3.63, 3.8) is 0 Å². The summed E-state index contributed by atoms with van der Waals surface area (Å²) in [5.41, 5.74) is -0.927. The van der Waals surface area contributed by atoms with Gasteiger partial charge in [-0.15, -0.1) is 11.3 Å². The average Bonchev–Trinajstić information content (AvgIpc) is 3.37. The molecule has 1 aliphatic heterocycles. The Labute approximate surface area is 168 Å². The maximum Gasteiger partial charge on any atom is 0.433 e. The highest BCUT2D eigenvalue weighted by molar-refractivity contribution is 7.13. The Bertz CT molecular complexity index is 997.